The lowest BCUT2D eigenvalue weighted by molar-refractivity contribution is -0.116. The van der Waals surface area contributed by atoms with E-state index in [1.165, 1.54) is 0 Å². The van der Waals surface area contributed by atoms with Gasteiger partial charge in [-0.05, 0) is 24.3 Å². The van der Waals surface area contributed by atoms with Crippen LogP contribution in [0.4, 0.5) is 5.82 Å². The van der Waals surface area contributed by atoms with Crippen LogP contribution in [0.1, 0.15) is 25.7 Å². The van der Waals surface area contributed by atoms with Gasteiger partial charge in [0.25, 0.3) is 0 Å². The van der Waals surface area contributed by atoms with Gasteiger partial charge >= 0.3 is 0 Å². The van der Waals surface area contributed by atoms with E-state index >= 15 is 0 Å². The first-order valence-electron chi connectivity index (χ1n) is 8.39. The van der Waals surface area contributed by atoms with Crippen LogP contribution in [0.3, 0.4) is 0 Å². The summed E-state index contributed by atoms with van der Waals surface area (Å²) in [6.45, 7) is 0. The number of carbonyl (C=O) groups is 1. The number of carbonyl (C=O) groups excluding carboxylic acids is 1. The highest BCUT2D eigenvalue weighted by molar-refractivity contribution is 5.94. The summed E-state index contributed by atoms with van der Waals surface area (Å²) < 4.78 is 7.29. The summed E-state index contributed by atoms with van der Waals surface area (Å²) in [5, 5.41) is 11.1. The van der Waals surface area contributed by atoms with E-state index in [2.05, 4.69) is 26.4 Å². The Labute approximate surface area is 150 Å². The van der Waals surface area contributed by atoms with Gasteiger partial charge in [0, 0.05) is 31.9 Å². The van der Waals surface area contributed by atoms with Crippen molar-refractivity contribution in [1.29, 1.82) is 0 Å². The van der Waals surface area contributed by atoms with Crippen molar-refractivity contribution < 1.29 is 9.21 Å². The fraction of sp³-hybridized carbons (Fsp3) is 0.263. The molecule has 0 saturated carbocycles. The summed E-state index contributed by atoms with van der Waals surface area (Å²) in [6.07, 6.45) is 10.9. The molecule has 4 heterocycles. The maximum atomic E-state index is 12.5. The topological polar surface area (TPSA) is 84.3 Å². The standard InChI is InChI=1S/C19H17N5O2/c1-2-3-10-19(22-23-19)11-9-16(25)21-18-17(14-7-6-13-26-14)20-15-8-4-5-12-24(15)18/h1,4-8,12-13H,3,9-11H2,(H,21,25). The van der Waals surface area contributed by atoms with E-state index in [-0.39, 0.29) is 5.91 Å². The van der Waals surface area contributed by atoms with Crippen molar-refractivity contribution in [1.82, 2.24) is 9.38 Å². The molecule has 0 aliphatic carbocycles. The highest BCUT2D eigenvalue weighted by atomic mass is 16.3. The Hall–Kier alpha value is -3.40. The molecule has 0 atom stereocenters. The van der Waals surface area contributed by atoms with E-state index in [1.54, 1.807) is 12.3 Å². The average Bonchev–Trinajstić information content (AvgIpc) is 3.06. The molecule has 130 valence electrons. The number of furan rings is 1. The maximum Gasteiger partial charge on any atom is 0.225 e. The molecule has 26 heavy (non-hydrogen) atoms. The number of hydrogen-bond donors (Lipinski definition) is 1. The van der Waals surface area contributed by atoms with Crippen LogP contribution in [-0.2, 0) is 4.79 Å². The molecule has 7 nitrogen and oxygen atoms in total. The Balaban J connectivity index is 1.52. The van der Waals surface area contributed by atoms with Crippen LogP contribution in [0.2, 0.25) is 0 Å². The minimum atomic E-state index is -0.465. The van der Waals surface area contributed by atoms with Gasteiger partial charge in [0.2, 0.25) is 5.91 Å². The van der Waals surface area contributed by atoms with E-state index < -0.39 is 5.66 Å². The van der Waals surface area contributed by atoms with Crippen LogP contribution in [-0.4, -0.2) is 21.0 Å². The molecule has 0 aromatic carbocycles. The zero-order valence-corrected chi connectivity index (χ0v) is 14.1. The first-order valence-corrected chi connectivity index (χ1v) is 8.39. The Morgan fingerprint density at radius 1 is 1.27 bits per heavy atom. The molecule has 1 N–H and O–H groups in total. The lowest BCUT2D eigenvalue weighted by Gasteiger charge is -2.10. The smallest absolute Gasteiger partial charge is 0.225 e. The molecule has 0 radical (unpaired) electrons. The minimum absolute atomic E-state index is 0.124. The van der Waals surface area contributed by atoms with Gasteiger partial charge in [0.1, 0.15) is 17.2 Å². The zero-order valence-electron chi connectivity index (χ0n) is 14.1. The molecule has 0 spiro atoms. The Morgan fingerprint density at radius 3 is 2.88 bits per heavy atom. The Morgan fingerprint density at radius 2 is 2.15 bits per heavy atom. The fourth-order valence-corrected chi connectivity index (χ4v) is 2.88. The maximum absolute atomic E-state index is 12.5. The van der Waals surface area contributed by atoms with Gasteiger partial charge in [0.15, 0.2) is 11.4 Å². The van der Waals surface area contributed by atoms with Gasteiger partial charge in [-0.15, -0.1) is 12.3 Å². The van der Waals surface area contributed by atoms with Gasteiger partial charge in [-0.1, -0.05) is 6.07 Å². The molecule has 4 rings (SSSR count). The van der Waals surface area contributed by atoms with Gasteiger partial charge in [-0.25, -0.2) is 4.98 Å². The number of nitrogens with one attached hydrogen (secondary N) is 1. The van der Waals surface area contributed by atoms with E-state index in [0.717, 1.165) is 5.65 Å². The molecule has 3 aromatic heterocycles. The van der Waals surface area contributed by atoms with E-state index in [4.69, 9.17) is 10.8 Å². The minimum Gasteiger partial charge on any atom is -0.463 e. The molecule has 0 unspecified atom stereocenters. The first-order chi connectivity index (χ1) is 12.7. The normalized spacial score (nSPS) is 14.3. The number of hydrogen-bond acceptors (Lipinski definition) is 5. The second-order valence-electron chi connectivity index (χ2n) is 6.15. The van der Waals surface area contributed by atoms with E-state index in [1.807, 2.05) is 34.9 Å². The monoisotopic (exact) mass is 347 g/mol. The zero-order chi connectivity index (χ0) is 18.0. The number of aromatic nitrogens is 2. The lowest BCUT2D eigenvalue weighted by atomic mass is 10.0. The summed E-state index contributed by atoms with van der Waals surface area (Å²) >= 11 is 0. The predicted octanol–water partition coefficient (Wildman–Crippen LogP) is 3.89. The summed E-state index contributed by atoms with van der Waals surface area (Å²) in [7, 11) is 0. The largest absolute Gasteiger partial charge is 0.463 e. The summed E-state index contributed by atoms with van der Waals surface area (Å²) in [4.78, 5) is 17.1. The third kappa shape index (κ3) is 3.09. The number of anilines is 1. The average molecular weight is 347 g/mol. The van der Waals surface area contributed by atoms with Crippen LogP contribution in [0.25, 0.3) is 17.1 Å². The van der Waals surface area contributed by atoms with E-state index in [9.17, 15) is 4.79 Å². The number of imidazole rings is 1. The summed E-state index contributed by atoms with van der Waals surface area (Å²) in [5.74, 6) is 3.65. The van der Waals surface area contributed by atoms with Gasteiger partial charge in [-0.3, -0.25) is 9.20 Å². The molecule has 0 fully saturated rings. The quantitative estimate of drug-likeness (QED) is 0.658. The highest BCUT2D eigenvalue weighted by Gasteiger charge is 2.39. The molecular formula is C19H17N5O2. The second kappa shape index (κ2) is 6.48. The number of rotatable bonds is 7. The Kier molecular flexibility index (Phi) is 4.01. The number of amides is 1. The van der Waals surface area contributed by atoms with Crippen molar-refractivity contribution in [3.05, 3.63) is 42.8 Å². The van der Waals surface area contributed by atoms with Crippen molar-refractivity contribution in [2.45, 2.75) is 31.3 Å². The van der Waals surface area contributed by atoms with Crippen LogP contribution in [0.15, 0.2) is 57.4 Å². The number of fused-ring (bicyclic) bond motifs is 1. The molecule has 0 saturated heterocycles. The molecule has 1 amide bonds. The molecule has 0 bridgehead atoms. The fourth-order valence-electron chi connectivity index (χ4n) is 2.88. The second-order valence-corrected chi connectivity index (χ2v) is 6.15. The van der Waals surface area contributed by atoms with E-state index in [0.29, 0.717) is 43.0 Å². The highest BCUT2D eigenvalue weighted by Crippen LogP contribution is 2.38. The van der Waals surface area contributed by atoms with Crippen molar-refractivity contribution >= 4 is 17.4 Å². The van der Waals surface area contributed by atoms with Crippen LogP contribution in [0.5, 0.6) is 0 Å². The SMILES string of the molecule is C#CCCC1(CCC(=O)Nc2c(-c3ccco3)nc3ccccn23)N=N1. The van der Waals surface area contributed by atoms with Crippen molar-refractivity contribution in [2.75, 3.05) is 5.32 Å². The van der Waals surface area contributed by atoms with Crippen LogP contribution < -0.4 is 5.32 Å². The van der Waals surface area contributed by atoms with Crippen molar-refractivity contribution in [2.24, 2.45) is 10.2 Å². The van der Waals surface area contributed by atoms with Gasteiger partial charge < -0.3 is 9.73 Å². The van der Waals surface area contributed by atoms with Crippen molar-refractivity contribution in [3.8, 4) is 23.8 Å². The summed E-state index contributed by atoms with van der Waals surface area (Å²) in [5.41, 5.74) is 0.858. The number of pyridine rings is 1. The lowest BCUT2D eigenvalue weighted by Crippen LogP contribution is -2.18. The van der Waals surface area contributed by atoms with Gasteiger partial charge in [0.05, 0.1) is 6.26 Å². The molecular weight excluding hydrogens is 330 g/mol. The summed E-state index contributed by atoms with van der Waals surface area (Å²) in [6, 6.07) is 9.25. The first kappa shape index (κ1) is 16.1. The third-order valence-corrected chi connectivity index (χ3v) is 4.35. The molecule has 1 aliphatic rings. The van der Waals surface area contributed by atoms with Crippen molar-refractivity contribution in [3.63, 3.8) is 0 Å². The Bertz CT molecular complexity index is 1000. The number of terminal acetylenes is 1. The molecule has 1 aliphatic heterocycles. The predicted molar refractivity (Wildman–Crippen MR) is 96.4 cm³/mol. The third-order valence-electron chi connectivity index (χ3n) is 4.35. The molecule has 7 heteroatoms. The van der Waals surface area contributed by atoms with Crippen LogP contribution in [0, 0.1) is 12.3 Å². The van der Waals surface area contributed by atoms with Crippen LogP contribution >= 0.6 is 0 Å². The molecule has 3 aromatic rings. The number of nitrogens with zero attached hydrogens (tertiary/aromatic N) is 4. The van der Waals surface area contributed by atoms with Gasteiger partial charge in [-0.2, -0.15) is 10.2 Å².